The number of rotatable bonds is 3. The minimum Gasteiger partial charge on any atom is -0.322 e. The molecule has 1 aliphatic carbocycles. The Bertz CT molecular complexity index is 787. The van der Waals surface area contributed by atoms with Gasteiger partial charge in [0.2, 0.25) is 0 Å². The van der Waals surface area contributed by atoms with Gasteiger partial charge in [-0.2, -0.15) is 5.26 Å². The number of nitriles is 1. The van der Waals surface area contributed by atoms with Crippen molar-refractivity contribution in [2.24, 2.45) is 11.7 Å². The fourth-order valence-corrected chi connectivity index (χ4v) is 2.20. The van der Waals surface area contributed by atoms with Gasteiger partial charge in [0.1, 0.15) is 18.2 Å². The summed E-state index contributed by atoms with van der Waals surface area (Å²) in [5.74, 6) is 3.14. The minimum absolute atomic E-state index is 0.0395. The summed E-state index contributed by atoms with van der Waals surface area (Å²) in [6.45, 7) is 0. The van der Waals surface area contributed by atoms with Gasteiger partial charge in [0.15, 0.2) is 0 Å². The Morgan fingerprint density at radius 1 is 1.45 bits per heavy atom. The number of imidazole rings is 1. The Labute approximate surface area is 128 Å². The van der Waals surface area contributed by atoms with Crippen molar-refractivity contribution in [1.29, 1.82) is 5.26 Å². The summed E-state index contributed by atoms with van der Waals surface area (Å²) >= 11 is 0. The van der Waals surface area contributed by atoms with Crippen LogP contribution in [0.5, 0.6) is 0 Å². The van der Waals surface area contributed by atoms with Crippen molar-refractivity contribution in [3.63, 3.8) is 0 Å². The zero-order chi connectivity index (χ0) is 15.5. The molecule has 5 heteroatoms. The molecular weight excluding hydrogens is 279 g/mol. The molecular formula is C17H15FN4. The highest BCUT2D eigenvalue weighted by atomic mass is 19.1. The molecule has 4 nitrogen and oxygen atoms in total. The van der Waals surface area contributed by atoms with E-state index in [0.717, 1.165) is 24.1 Å². The predicted molar refractivity (Wildman–Crippen MR) is 79.9 cm³/mol. The van der Waals surface area contributed by atoms with Crippen LogP contribution < -0.4 is 5.73 Å². The summed E-state index contributed by atoms with van der Waals surface area (Å²) in [7, 11) is 0. The molecule has 0 saturated heterocycles. The Morgan fingerprint density at radius 3 is 2.95 bits per heavy atom. The highest BCUT2D eigenvalue weighted by Gasteiger charge is 2.18. The summed E-state index contributed by atoms with van der Waals surface area (Å²) in [4.78, 5) is 4.09. The first kappa shape index (κ1) is 14.3. The van der Waals surface area contributed by atoms with Crippen LogP contribution in [0.25, 0.3) is 0 Å². The quantitative estimate of drug-likeness (QED) is 0.884. The first-order valence-corrected chi connectivity index (χ1v) is 7.15. The third kappa shape index (κ3) is 3.16. The summed E-state index contributed by atoms with van der Waals surface area (Å²) in [6.07, 6.45) is 6.11. The van der Waals surface area contributed by atoms with E-state index in [1.165, 1.54) is 12.1 Å². The van der Waals surface area contributed by atoms with Gasteiger partial charge in [0.05, 0.1) is 23.5 Å². The minimum atomic E-state index is -0.519. The normalized spacial score (nSPS) is 14.8. The second-order valence-corrected chi connectivity index (χ2v) is 5.46. The van der Waals surface area contributed by atoms with Crippen LogP contribution in [0.3, 0.4) is 0 Å². The van der Waals surface area contributed by atoms with E-state index in [1.807, 2.05) is 6.07 Å². The first-order chi connectivity index (χ1) is 10.7. The maximum atomic E-state index is 13.6. The largest absolute Gasteiger partial charge is 0.322 e. The molecule has 2 N–H and O–H groups in total. The van der Waals surface area contributed by atoms with Gasteiger partial charge in [0, 0.05) is 12.0 Å². The first-order valence-electron chi connectivity index (χ1n) is 7.15. The second-order valence-electron chi connectivity index (χ2n) is 5.46. The van der Waals surface area contributed by atoms with Crippen LogP contribution in [0.15, 0.2) is 30.7 Å². The van der Waals surface area contributed by atoms with Crippen molar-refractivity contribution in [3.8, 4) is 18.0 Å². The standard InChI is InChI=1S/C17H15FN4/c18-15-7-13(3-4-14(15)9-19)8-16(20)17-10-21-11-22(17)6-5-12-1-2-12/h3-4,7,10-12,16H,1-2,8,20H2. The number of hydrogen-bond acceptors (Lipinski definition) is 3. The van der Waals surface area contributed by atoms with Crippen molar-refractivity contribution in [1.82, 2.24) is 9.55 Å². The smallest absolute Gasteiger partial charge is 0.141 e. The third-order valence-electron chi connectivity index (χ3n) is 3.62. The highest BCUT2D eigenvalue weighted by molar-refractivity contribution is 5.34. The fourth-order valence-electron chi connectivity index (χ4n) is 2.20. The summed E-state index contributed by atoms with van der Waals surface area (Å²) in [6, 6.07) is 9.09. The van der Waals surface area contributed by atoms with Crippen molar-refractivity contribution < 1.29 is 4.39 Å². The topological polar surface area (TPSA) is 67.6 Å². The van der Waals surface area contributed by atoms with Crippen molar-refractivity contribution in [3.05, 3.63) is 53.4 Å². The van der Waals surface area contributed by atoms with E-state index in [9.17, 15) is 4.39 Å². The number of nitrogens with zero attached hydrogens (tertiary/aromatic N) is 3. The molecule has 1 aromatic heterocycles. The van der Waals surface area contributed by atoms with Gasteiger partial charge < -0.3 is 5.73 Å². The molecule has 0 bridgehead atoms. The van der Waals surface area contributed by atoms with Crippen LogP contribution in [0.1, 0.15) is 35.7 Å². The van der Waals surface area contributed by atoms with Crippen molar-refractivity contribution in [2.45, 2.75) is 25.3 Å². The zero-order valence-electron chi connectivity index (χ0n) is 12.0. The number of halogens is 1. The molecule has 22 heavy (non-hydrogen) atoms. The molecule has 1 unspecified atom stereocenters. The van der Waals surface area contributed by atoms with Crippen LogP contribution in [0.4, 0.5) is 4.39 Å². The Balaban J connectivity index is 1.76. The molecule has 0 aliphatic heterocycles. The monoisotopic (exact) mass is 294 g/mol. The average Bonchev–Trinajstić information content (AvgIpc) is 3.21. The van der Waals surface area contributed by atoms with Crippen LogP contribution in [-0.2, 0) is 6.42 Å². The summed E-state index contributed by atoms with van der Waals surface area (Å²) in [5, 5.41) is 8.75. The van der Waals surface area contributed by atoms with E-state index >= 15 is 0 Å². The Hall–Kier alpha value is -2.63. The third-order valence-corrected chi connectivity index (χ3v) is 3.62. The maximum absolute atomic E-state index is 13.6. The Morgan fingerprint density at radius 2 is 2.27 bits per heavy atom. The fraction of sp³-hybridized carbons (Fsp3) is 0.294. The van der Waals surface area contributed by atoms with Gasteiger partial charge in [-0.3, -0.25) is 4.57 Å². The molecule has 110 valence electrons. The SMILES string of the molecule is N#Cc1ccc(CC(N)c2cncn2C#CC2CC2)cc1F. The van der Waals surface area contributed by atoms with Gasteiger partial charge in [-0.25, -0.2) is 9.37 Å². The molecule has 1 saturated carbocycles. The average molecular weight is 294 g/mol. The lowest BCUT2D eigenvalue weighted by molar-refractivity contribution is 0.616. The molecule has 2 aromatic rings. The second kappa shape index (κ2) is 6.01. The number of aromatic nitrogens is 2. The maximum Gasteiger partial charge on any atom is 0.141 e. The molecule has 1 fully saturated rings. The van der Waals surface area contributed by atoms with Gasteiger partial charge in [-0.05, 0) is 37.0 Å². The van der Waals surface area contributed by atoms with E-state index in [-0.39, 0.29) is 11.6 Å². The highest BCUT2D eigenvalue weighted by Crippen LogP contribution is 2.27. The molecule has 3 rings (SSSR count). The summed E-state index contributed by atoms with van der Waals surface area (Å²) in [5.41, 5.74) is 7.78. The zero-order valence-corrected chi connectivity index (χ0v) is 12.0. The van der Waals surface area contributed by atoms with E-state index in [1.54, 1.807) is 23.2 Å². The van der Waals surface area contributed by atoms with E-state index in [4.69, 9.17) is 11.0 Å². The van der Waals surface area contributed by atoms with E-state index in [2.05, 4.69) is 16.9 Å². The lowest BCUT2D eigenvalue weighted by Gasteiger charge is -2.12. The van der Waals surface area contributed by atoms with E-state index < -0.39 is 5.82 Å². The van der Waals surface area contributed by atoms with Crippen LogP contribution in [-0.4, -0.2) is 9.55 Å². The van der Waals surface area contributed by atoms with E-state index in [0.29, 0.717) is 12.3 Å². The number of hydrogen-bond donors (Lipinski definition) is 1. The molecule has 1 atom stereocenters. The van der Waals surface area contributed by atoms with Gasteiger partial charge in [-0.15, -0.1) is 0 Å². The molecule has 0 spiro atoms. The molecule has 0 amide bonds. The van der Waals surface area contributed by atoms with Crippen LogP contribution in [0.2, 0.25) is 0 Å². The molecule has 1 heterocycles. The van der Waals surface area contributed by atoms with Gasteiger partial charge in [0.25, 0.3) is 0 Å². The lowest BCUT2D eigenvalue weighted by atomic mass is 10.0. The van der Waals surface area contributed by atoms with Gasteiger partial charge in [-0.1, -0.05) is 12.0 Å². The number of nitrogens with two attached hydrogens (primary N) is 1. The predicted octanol–water partition coefficient (Wildman–Crippen LogP) is 2.36. The lowest BCUT2D eigenvalue weighted by Crippen LogP contribution is -2.16. The van der Waals surface area contributed by atoms with Crippen LogP contribution >= 0.6 is 0 Å². The molecule has 0 radical (unpaired) electrons. The van der Waals surface area contributed by atoms with Crippen molar-refractivity contribution in [2.75, 3.05) is 0 Å². The summed E-state index contributed by atoms with van der Waals surface area (Å²) < 4.78 is 15.4. The molecule has 1 aromatic carbocycles. The molecule has 1 aliphatic rings. The van der Waals surface area contributed by atoms with Gasteiger partial charge >= 0.3 is 0 Å². The Kier molecular flexibility index (Phi) is 3.91. The van der Waals surface area contributed by atoms with Crippen molar-refractivity contribution >= 4 is 0 Å². The number of benzene rings is 1. The van der Waals surface area contributed by atoms with Crippen LogP contribution in [0, 0.1) is 35.0 Å².